The van der Waals surface area contributed by atoms with Crippen molar-refractivity contribution in [3.63, 3.8) is 0 Å². The molecule has 116 valence electrons. The molecular weight excluding hydrogens is 302 g/mol. The van der Waals surface area contributed by atoms with Crippen molar-refractivity contribution in [2.45, 2.75) is 0 Å². The van der Waals surface area contributed by atoms with Gasteiger partial charge in [-0.2, -0.15) is 0 Å². The van der Waals surface area contributed by atoms with Crippen LogP contribution in [0, 0.1) is 10.1 Å². The Bertz CT molecular complexity index is 1010. The molecule has 4 rings (SSSR count). The second-order valence-electron chi connectivity index (χ2n) is 5.65. The molecule has 0 bridgehead atoms. The highest BCUT2D eigenvalue weighted by atomic mass is 16.6. The van der Waals surface area contributed by atoms with Gasteiger partial charge in [0, 0.05) is 17.7 Å². The van der Waals surface area contributed by atoms with Gasteiger partial charge >= 0.3 is 0 Å². The average Bonchev–Trinajstić information content (AvgIpc) is 2.90. The van der Waals surface area contributed by atoms with Crippen LogP contribution in [0.3, 0.4) is 0 Å². The number of benzene rings is 3. The minimum atomic E-state index is -0.388. The van der Waals surface area contributed by atoms with E-state index >= 15 is 0 Å². The first-order valence-corrected chi connectivity index (χ1v) is 7.53. The number of non-ortho nitro benzene ring substituents is 1. The predicted octanol–water partition coefficient (Wildman–Crippen LogP) is 4.87. The number of rotatable bonds is 2. The van der Waals surface area contributed by atoms with Gasteiger partial charge in [0.2, 0.25) is 0 Å². The van der Waals surface area contributed by atoms with Crippen LogP contribution >= 0.6 is 0 Å². The zero-order chi connectivity index (χ0) is 16.7. The van der Waals surface area contributed by atoms with Gasteiger partial charge in [-0.05, 0) is 46.0 Å². The van der Waals surface area contributed by atoms with Crippen molar-refractivity contribution in [2.75, 3.05) is 0 Å². The number of nitro groups is 1. The minimum absolute atomic E-state index is 0.0599. The molecule has 4 heteroatoms. The van der Waals surface area contributed by atoms with Gasteiger partial charge in [-0.3, -0.25) is 10.1 Å². The fraction of sp³-hybridized carbons (Fsp3) is 0. The summed E-state index contributed by atoms with van der Waals surface area (Å²) in [5.41, 5.74) is 5.46. The lowest BCUT2D eigenvalue weighted by molar-refractivity contribution is -0.384. The number of aromatic hydroxyl groups is 1. The summed E-state index contributed by atoms with van der Waals surface area (Å²) < 4.78 is 0. The molecule has 4 nitrogen and oxygen atoms in total. The normalized spacial score (nSPS) is 13.6. The van der Waals surface area contributed by atoms with Crippen LogP contribution in [-0.4, -0.2) is 10.0 Å². The molecule has 0 atom stereocenters. The van der Waals surface area contributed by atoms with Crippen molar-refractivity contribution >= 4 is 17.3 Å². The molecule has 0 heterocycles. The average molecular weight is 315 g/mol. The number of hydrogen-bond acceptors (Lipinski definition) is 3. The maximum atomic E-state index is 11.1. The van der Waals surface area contributed by atoms with E-state index in [1.807, 2.05) is 42.5 Å². The van der Waals surface area contributed by atoms with E-state index in [0.717, 1.165) is 27.8 Å². The zero-order valence-electron chi connectivity index (χ0n) is 12.6. The Morgan fingerprint density at radius 3 is 2.25 bits per heavy atom. The summed E-state index contributed by atoms with van der Waals surface area (Å²) in [7, 11) is 0. The summed E-state index contributed by atoms with van der Waals surface area (Å²) in [4.78, 5) is 10.8. The van der Waals surface area contributed by atoms with Crippen molar-refractivity contribution in [3.05, 3.63) is 93.5 Å². The van der Waals surface area contributed by atoms with E-state index in [9.17, 15) is 15.2 Å². The van der Waals surface area contributed by atoms with E-state index in [1.54, 1.807) is 24.3 Å². The Morgan fingerprint density at radius 2 is 1.50 bits per heavy atom. The van der Waals surface area contributed by atoms with Crippen LogP contribution in [-0.2, 0) is 0 Å². The van der Waals surface area contributed by atoms with Gasteiger partial charge in [-0.25, -0.2) is 0 Å². The quantitative estimate of drug-likeness (QED) is 0.424. The molecule has 0 radical (unpaired) electrons. The van der Waals surface area contributed by atoms with Crippen LogP contribution in [0.15, 0.2) is 66.7 Å². The molecule has 3 aromatic rings. The summed E-state index contributed by atoms with van der Waals surface area (Å²) in [6, 6.07) is 19.9. The number of hydrogen-bond donors (Lipinski definition) is 1. The molecule has 0 saturated carbocycles. The summed E-state index contributed by atoms with van der Waals surface area (Å²) in [5, 5.41) is 21.2. The number of nitro benzene ring substituents is 1. The molecule has 1 aliphatic rings. The van der Waals surface area contributed by atoms with E-state index < -0.39 is 0 Å². The molecule has 3 aromatic carbocycles. The highest BCUT2D eigenvalue weighted by Crippen LogP contribution is 2.46. The number of nitrogens with zero attached hydrogens (tertiary/aromatic N) is 1. The largest absolute Gasteiger partial charge is 0.507 e. The van der Waals surface area contributed by atoms with Crippen LogP contribution in [0.25, 0.3) is 22.8 Å². The van der Waals surface area contributed by atoms with E-state index in [-0.39, 0.29) is 16.4 Å². The molecule has 1 aliphatic carbocycles. The van der Waals surface area contributed by atoms with Gasteiger partial charge in [0.1, 0.15) is 5.75 Å². The molecular formula is C20H13NO3. The molecule has 0 aromatic heterocycles. The third-order valence-corrected chi connectivity index (χ3v) is 4.25. The number of para-hydroxylation sites is 1. The Morgan fingerprint density at radius 1 is 0.833 bits per heavy atom. The lowest BCUT2D eigenvalue weighted by Crippen LogP contribution is -1.89. The Hall–Kier alpha value is -3.40. The van der Waals surface area contributed by atoms with Gasteiger partial charge in [0.05, 0.1) is 4.92 Å². The Balaban J connectivity index is 1.99. The maximum absolute atomic E-state index is 11.1. The second kappa shape index (κ2) is 5.35. The topological polar surface area (TPSA) is 63.4 Å². The molecule has 0 unspecified atom stereocenters. The number of phenols is 1. The first-order chi connectivity index (χ1) is 11.6. The van der Waals surface area contributed by atoms with Crippen molar-refractivity contribution < 1.29 is 10.0 Å². The minimum Gasteiger partial charge on any atom is -0.507 e. The van der Waals surface area contributed by atoms with E-state index in [0.29, 0.717) is 5.56 Å². The van der Waals surface area contributed by atoms with Crippen molar-refractivity contribution in [2.24, 2.45) is 0 Å². The van der Waals surface area contributed by atoms with Crippen molar-refractivity contribution in [3.8, 4) is 16.9 Å². The first-order valence-electron chi connectivity index (χ1n) is 7.53. The van der Waals surface area contributed by atoms with Crippen molar-refractivity contribution in [1.29, 1.82) is 0 Å². The van der Waals surface area contributed by atoms with Crippen LogP contribution in [0.5, 0.6) is 5.75 Å². The van der Waals surface area contributed by atoms with Gasteiger partial charge < -0.3 is 5.11 Å². The molecule has 1 N–H and O–H groups in total. The Kier molecular flexibility index (Phi) is 3.17. The molecule has 0 saturated heterocycles. The molecule has 0 amide bonds. The van der Waals surface area contributed by atoms with Crippen LogP contribution < -0.4 is 0 Å². The third-order valence-electron chi connectivity index (χ3n) is 4.25. The molecule has 24 heavy (non-hydrogen) atoms. The van der Waals surface area contributed by atoms with E-state index in [2.05, 4.69) is 0 Å². The SMILES string of the molecule is O=[N+]([O-])c1ccc2c(c1)/C(=C/c1ccccc1O)c1ccccc1-2. The predicted molar refractivity (Wildman–Crippen MR) is 93.6 cm³/mol. The zero-order valence-corrected chi connectivity index (χ0v) is 12.6. The lowest BCUT2D eigenvalue weighted by atomic mass is 10.0. The highest BCUT2D eigenvalue weighted by Gasteiger charge is 2.25. The number of fused-ring (bicyclic) bond motifs is 3. The van der Waals surface area contributed by atoms with Gasteiger partial charge in [-0.1, -0.05) is 42.5 Å². The summed E-state index contributed by atoms with van der Waals surface area (Å²) in [6.07, 6.45) is 1.88. The lowest BCUT2D eigenvalue weighted by Gasteiger charge is -2.05. The molecule has 0 spiro atoms. The van der Waals surface area contributed by atoms with Crippen LogP contribution in [0.2, 0.25) is 0 Å². The van der Waals surface area contributed by atoms with Crippen LogP contribution in [0.1, 0.15) is 16.7 Å². The smallest absolute Gasteiger partial charge is 0.270 e. The van der Waals surface area contributed by atoms with Gasteiger partial charge in [0.25, 0.3) is 5.69 Å². The van der Waals surface area contributed by atoms with Crippen molar-refractivity contribution in [1.82, 2.24) is 0 Å². The third kappa shape index (κ3) is 2.16. The van der Waals surface area contributed by atoms with Crippen LogP contribution in [0.4, 0.5) is 5.69 Å². The first kappa shape index (κ1) is 14.2. The summed E-state index contributed by atoms with van der Waals surface area (Å²) >= 11 is 0. The van der Waals surface area contributed by atoms with E-state index in [1.165, 1.54) is 6.07 Å². The highest BCUT2D eigenvalue weighted by molar-refractivity contribution is 6.07. The summed E-state index contributed by atoms with van der Waals surface area (Å²) in [5.74, 6) is 0.182. The monoisotopic (exact) mass is 315 g/mol. The Labute approximate surface area is 138 Å². The van der Waals surface area contributed by atoms with Gasteiger partial charge in [-0.15, -0.1) is 0 Å². The van der Waals surface area contributed by atoms with Gasteiger partial charge in [0.15, 0.2) is 0 Å². The molecule has 0 aliphatic heterocycles. The van der Waals surface area contributed by atoms with E-state index in [4.69, 9.17) is 0 Å². The number of phenolic OH excluding ortho intramolecular Hbond substituents is 1. The summed E-state index contributed by atoms with van der Waals surface area (Å²) in [6.45, 7) is 0. The molecule has 0 fully saturated rings. The second-order valence-corrected chi connectivity index (χ2v) is 5.65. The standard InChI is InChI=1S/C20H13NO3/c22-20-8-4-1-5-13(20)11-18-16-7-3-2-6-15(16)17-10-9-14(21(23)24)12-19(17)18/h1-12,22H/b18-11+. The maximum Gasteiger partial charge on any atom is 0.270 e. The fourth-order valence-corrected chi connectivity index (χ4v) is 3.12. The fourth-order valence-electron chi connectivity index (χ4n) is 3.12.